The Balaban J connectivity index is 0. The third-order valence-corrected chi connectivity index (χ3v) is 2.81. The molecule has 4 nitrogen and oxygen atoms in total. The van der Waals surface area contributed by atoms with Crippen molar-refractivity contribution < 1.29 is 14.6 Å². The zero-order valence-electron chi connectivity index (χ0n) is 12.3. The van der Waals surface area contributed by atoms with Crippen molar-refractivity contribution in [2.75, 3.05) is 37.3 Å². The summed E-state index contributed by atoms with van der Waals surface area (Å²) in [5.41, 5.74) is 0. The first-order valence-corrected chi connectivity index (χ1v) is 8.01. The van der Waals surface area contributed by atoms with Crippen LogP contribution >= 0.6 is 47.2 Å². The molecule has 1 aromatic rings. The molecule has 0 aliphatic heterocycles. The van der Waals surface area contributed by atoms with E-state index in [1.54, 1.807) is 0 Å². The highest BCUT2D eigenvalue weighted by molar-refractivity contribution is 6.18. The minimum Gasteiger partial charge on any atom is -0.508 e. The van der Waals surface area contributed by atoms with Crippen molar-refractivity contribution in [2.45, 2.75) is 6.92 Å². The maximum Gasteiger partial charge on any atom is 0.308 e. The lowest BCUT2D eigenvalue weighted by Gasteiger charge is -2.17. The highest BCUT2D eigenvalue weighted by Crippen LogP contribution is 2.15. The average molecular weight is 393 g/mol. The second kappa shape index (κ2) is 15.5. The van der Waals surface area contributed by atoms with Crippen LogP contribution in [0.25, 0.3) is 0 Å². The standard InChI is InChI=1S/C8H8O3.C6H12Cl3N.ClH/c1-6(9)11-8-4-2-7(10)3-5-8;7-1-4-10(5-2-8)6-3-9;/h2-5,10H,1H3;1-6H2;1H. The molecule has 8 heteroatoms. The third kappa shape index (κ3) is 13.3. The number of aromatic hydroxyl groups is 1. The van der Waals surface area contributed by atoms with Crippen molar-refractivity contribution in [1.82, 2.24) is 4.90 Å². The highest BCUT2D eigenvalue weighted by Gasteiger charge is 2.00. The lowest BCUT2D eigenvalue weighted by atomic mass is 10.3. The van der Waals surface area contributed by atoms with Crippen LogP contribution < -0.4 is 4.74 Å². The van der Waals surface area contributed by atoms with Crippen LogP contribution in [0, 0.1) is 0 Å². The fourth-order valence-corrected chi connectivity index (χ4v) is 2.09. The van der Waals surface area contributed by atoms with Gasteiger partial charge in [0.25, 0.3) is 0 Å². The number of halogens is 4. The maximum absolute atomic E-state index is 10.4. The molecule has 0 amide bonds. The van der Waals surface area contributed by atoms with Crippen LogP contribution in [0.2, 0.25) is 0 Å². The average Bonchev–Trinajstić information content (AvgIpc) is 2.43. The number of benzene rings is 1. The summed E-state index contributed by atoms with van der Waals surface area (Å²) in [4.78, 5) is 12.6. The van der Waals surface area contributed by atoms with Gasteiger partial charge >= 0.3 is 5.97 Å². The lowest BCUT2D eigenvalue weighted by Crippen LogP contribution is -2.29. The van der Waals surface area contributed by atoms with Crippen molar-refractivity contribution >= 4 is 53.2 Å². The molecular weight excluding hydrogens is 372 g/mol. The zero-order valence-corrected chi connectivity index (χ0v) is 15.4. The first-order chi connectivity index (χ1) is 10.0. The Morgan fingerprint density at radius 3 is 1.77 bits per heavy atom. The Kier molecular flexibility index (Phi) is 16.8. The summed E-state index contributed by atoms with van der Waals surface area (Å²) in [7, 11) is 0. The van der Waals surface area contributed by atoms with Gasteiger partial charge in [0.2, 0.25) is 0 Å². The van der Waals surface area contributed by atoms with Crippen molar-refractivity contribution in [1.29, 1.82) is 0 Å². The molecule has 0 heterocycles. The smallest absolute Gasteiger partial charge is 0.308 e. The summed E-state index contributed by atoms with van der Waals surface area (Å²) in [5, 5.41) is 8.85. The van der Waals surface area contributed by atoms with Gasteiger partial charge in [-0.05, 0) is 24.3 Å². The summed E-state index contributed by atoms with van der Waals surface area (Å²) in [6.45, 7) is 3.95. The number of phenolic OH excluding ortho intramolecular Hbond substituents is 1. The molecule has 22 heavy (non-hydrogen) atoms. The van der Waals surface area contributed by atoms with E-state index < -0.39 is 0 Å². The first-order valence-electron chi connectivity index (χ1n) is 6.41. The molecule has 0 bridgehead atoms. The van der Waals surface area contributed by atoms with Gasteiger partial charge in [0, 0.05) is 44.2 Å². The van der Waals surface area contributed by atoms with Crippen LogP contribution in [0.3, 0.4) is 0 Å². The quantitative estimate of drug-likeness (QED) is 0.436. The number of alkyl halides is 3. The van der Waals surface area contributed by atoms with Crippen molar-refractivity contribution in [3.8, 4) is 11.5 Å². The van der Waals surface area contributed by atoms with Crippen molar-refractivity contribution in [3.63, 3.8) is 0 Å². The van der Waals surface area contributed by atoms with Crippen LogP contribution in [0.1, 0.15) is 6.92 Å². The predicted octanol–water partition coefficient (Wildman–Crippen LogP) is 3.74. The number of hydrogen-bond donors (Lipinski definition) is 1. The molecule has 1 N–H and O–H groups in total. The summed E-state index contributed by atoms with van der Waals surface area (Å²) >= 11 is 16.6. The van der Waals surface area contributed by atoms with E-state index in [4.69, 9.17) is 44.6 Å². The second-order valence-corrected chi connectivity index (χ2v) is 5.13. The Bertz CT molecular complexity index is 376. The van der Waals surface area contributed by atoms with E-state index in [0.717, 1.165) is 19.6 Å². The number of phenols is 1. The molecule has 0 unspecified atom stereocenters. The number of nitrogens with zero attached hydrogens (tertiary/aromatic N) is 1. The normalized spacial score (nSPS) is 9.50. The second-order valence-electron chi connectivity index (χ2n) is 4.00. The molecule has 0 fully saturated rings. The van der Waals surface area contributed by atoms with Crippen LogP contribution in [0.5, 0.6) is 11.5 Å². The van der Waals surface area contributed by atoms with Crippen LogP contribution in [-0.2, 0) is 4.79 Å². The molecule has 0 aromatic heterocycles. The largest absolute Gasteiger partial charge is 0.508 e. The van der Waals surface area contributed by atoms with Gasteiger partial charge in [0.15, 0.2) is 0 Å². The molecule has 0 spiro atoms. The summed E-state index contributed by atoms with van der Waals surface area (Å²) in [6.07, 6.45) is 0. The van der Waals surface area contributed by atoms with E-state index in [0.29, 0.717) is 23.4 Å². The Hall–Kier alpha value is -0.390. The molecule has 1 rings (SSSR count). The Morgan fingerprint density at radius 2 is 1.45 bits per heavy atom. The Morgan fingerprint density at radius 1 is 1.05 bits per heavy atom. The first kappa shape index (κ1) is 23.9. The SMILES string of the molecule is CC(=O)Oc1ccc(O)cc1.Cl.ClCCN(CCCl)CCCl. The summed E-state index contributed by atoms with van der Waals surface area (Å²) < 4.78 is 4.72. The fraction of sp³-hybridized carbons (Fsp3) is 0.500. The minimum absolute atomic E-state index is 0. The summed E-state index contributed by atoms with van der Waals surface area (Å²) in [5.74, 6) is 2.17. The van der Waals surface area contributed by atoms with Crippen molar-refractivity contribution in [2.24, 2.45) is 0 Å². The maximum atomic E-state index is 10.4. The van der Waals surface area contributed by atoms with E-state index in [-0.39, 0.29) is 24.1 Å². The van der Waals surface area contributed by atoms with E-state index in [1.165, 1.54) is 31.2 Å². The third-order valence-electron chi connectivity index (χ3n) is 2.30. The van der Waals surface area contributed by atoms with Gasteiger partial charge < -0.3 is 9.84 Å². The van der Waals surface area contributed by atoms with E-state index in [9.17, 15) is 4.79 Å². The molecule has 0 saturated heterocycles. The number of carbonyl (C=O) groups excluding carboxylic acids is 1. The zero-order chi connectivity index (χ0) is 16.1. The van der Waals surface area contributed by atoms with Gasteiger partial charge in [-0.2, -0.15) is 0 Å². The lowest BCUT2D eigenvalue weighted by molar-refractivity contribution is -0.131. The van der Waals surface area contributed by atoms with E-state index in [2.05, 4.69) is 4.90 Å². The number of esters is 1. The molecule has 0 atom stereocenters. The molecule has 0 aliphatic carbocycles. The fourth-order valence-electron chi connectivity index (χ4n) is 1.37. The summed E-state index contributed by atoms with van der Waals surface area (Å²) in [6, 6.07) is 5.96. The monoisotopic (exact) mass is 391 g/mol. The van der Waals surface area contributed by atoms with E-state index in [1.807, 2.05) is 0 Å². The van der Waals surface area contributed by atoms with Gasteiger partial charge in [-0.15, -0.1) is 47.2 Å². The molecule has 0 saturated carbocycles. The molecular formula is C14H21Cl4NO3. The van der Waals surface area contributed by atoms with Crippen LogP contribution in [0.4, 0.5) is 0 Å². The van der Waals surface area contributed by atoms with E-state index >= 15 is 0 Å². The van der Waals surface area contributed by atoms with Gasteiger partial charge in [-0.3, -0.25) is 9.69 Å². The predicted molar refractivity (Wildman–Crippen MR) is 95.3 cm³/mol. The van der Waals surface area contributed by atoms with Crippen LogP contribution in [0.15, 0.2) is 24.3 Å². The molecule has 128 valence electrons. The van der Waals surface area contributed by atoms with Crippen LogP contribution in [-0.4, -0.2) is 53.3 Å². The number of ether oxygens (including phenoxy) is 1. The number of carbonyl (C=O) groups is 1. The number of rotatable bonds is 7. The van der Waals surface area contributed by atoms with Gasteiger partial charge in [-0.1, -0.05) is 0 Å². The molecule has 1 aromatic carbocycles. The minimum atomic E-state index is -0.365. The molecule has 0 radical (unpaired) electrons. The van der Waals surface area contributed by atoms with Crippen molar-refractivity contribution in [3.05, 3.63) is 24.3 Å². The van der Waals surface area contributed by atoms with Gasteiger partial charge in [0.1, 0.15) is 11.5 Å². The number of hydrogen-bond acceptors (Lipinski definition) is 4. The topological polar surface area (TPSA) is 49.8 Å². The van der Waals surface area contributed by atoms with Gasteiger partial charge in [-0.25, -0.2) is 0 Å². The molecule has 0 aliphatic rings. The Labute approximate surface area is 152 Å². The van der Waals surface area contributed by atoms with Gasteiger partial charge in [0.05, 0.1) is 0 Å². The highest BCUT2D eigenvalue weighted by atomic mass is 35.5.